The third kappa shape index (κ3) is 3.51. The molecule has 3 rings (SSSR count). The van der Waals surface area contributed by atoms with Crippen molar-refractivity contribution >= 4 is 11.6 Å². The van der Waals surface area contributed by atoms with E-state index in [9.17, 15) is 4.79 Å². The summed E-state index contributed by atoms with van der Waals surface area (Å²) < 4.78 is 5.75. The second-order valence-electron chi connectivity index (χ2n) is 7.02. The van der Waals surface area contributed by atoms with Gasteiger partial charge in [-0.15, -0.1) is 0 Å². The Balaban J connectivity index is 1.63. The molecule has 2 heterocycles. The number of nitrogens with one attached hydrogen (secondary N) is 1. The zero-order valence-corrected chi connectivity index (χ0v) is 14.9. The minimum Gasteiger partial charge on any atom is -0.492 e. The highest BCUT2D eigenvalue weighted by atomic mass is 16.5. The van der Waals surface area contributed by atoms with Gasteiger partial charge in [0.05, 0.1) is 17.7 Å². The molecular formula is C19H29N3O2. The van der Waals surface area contributed by atoms with E-state index in [4.69, 9.17) is 4.74 Å². The fourth-order valence-corrected chi connectivity index (χ4v) is 3.77. The highest BCUT2D eigenvalue weighted by molar-refractivity contribution is 5.83. The van der Waals surface area contributed by atoms with Crippen LogP contribution in [0.25, 0.3) is 0 Å². The van der Waals surface area contributed by atoms with E-state index < -0.39 is 0 Å². The molecule has 24 heavy (non-hydrogen) atoms. The van der Waals surface area contributed by atoms with E-state index in [1.165, 1.54) is 0 Å². The van der Waals surface area contributed by atoms with Crippen LogP contribution in [0.15, 0.2) is 24.3 Å². The monoisotopic (exact) mass is 331 g/mol. The number of carbonyl (C=O) groups is 1. The van der Waals surface area contributed by atoms with Crippen molar-refractivity contribution < 1.29 is 9.53 Å². The maximum absolute atomic E-state index is 12.9. The van der Waals surface area contributed by atoms with Crippen molar-refractivity contribution in [2.75, 3.05) is 50.8 Å². The van der Waals surface area contributed by atoms with Gasteiger partial charge in [-0.1, -0.05) is 12.1 Å². The molecule has 1 N–H and O–H groups in total. The summed E-state index contributed by atoms with van der Waals surface area (Å²) in [6.45, 7) is 9.91. The molecule has 1 amide bonds. The molecule has 0 aromatic heterocycles. The van der Waals surface area contributed by atoms with E-state index in [-0.39, 0.29) is 5.41 Å². The van der Waals surface area contributed by atoms with Crippen molar-refractivity contribution in [1.82, 2.24) is 10.2 Å². The number of para-hydroxylation sites is 2. The summed E-state index contributed by atoms with van der Waals surface area (Å²) in [7, 11) is 0. The molecule has 0 aliphatic carbocycles. The van der Waals surface area contributed by atoms with Crippen molar-refractivity contribution in [1.29, 1.82) is 0 Å². The van der Waals surface area contributed by atoms with Crippen LogP contribution >= 0.6 is 0 Å². The second kappa shape index (κ2) is 7.43. The first kappa shape index (κ1) is 17.1. The van der Waals surface area contributed by atoms with E-state index in [2.05, 4.69) is 23.2 Å². The van der Waals surface area contributed by atoms with Gasteiger partial charge in [0.1, 0.15) is 5.75 Å². The number of anilines is 1. The summed E-state index contributed by atoms with van der Waals surface area (Å²) in [4.78, 5) is 17.3. The van der Waals surface area contributed by atoms with Gasteiger partial charge in [-0.3, -0.25) is 4.79 Å². The van der Waals surface area contributed by atoms with Gasteiger partial charge in [0, 0.05) is 32.7 Å². The topological polar surface area (TPSA) is 44.8 Å². The summed E-state index contributed by atoms with van der Waals surface area (Å²) in [6.07, 6.45) is 2.08. The lowest BCUT2D eigenvalue weighted by Crippen LogP contribution is -2.56. The Morgan fingerprint density at radius 2 is 2.00 bits per heavy atom. The highest BCUT2D eigenvalue weighted by Gasteiger charge is 2.38. The Hall–Kier alpha value is -1.75. The minimum absolute atomic E-state index is 0.232. The van der Waals surface area contributed by atoms with E-state index in [1.807, 2.05) is 30.0 Å². The molecule has 1 aromatic carbocycles. The number of carbonyl (C=O) groups excluding carboxylic acids is 1. The highest BCUT2D eigenvalue weighted by Crippen LogP contribution is 2.31. The number of hydrogen-bond donors (Lipinski definition) is 1. The Morgan fingerprint density at radius 1 is 1.25 bits per heavy atom. The van der Waals surface area contributed by atoms with Crippen LogP contribution in [0.3, 0.4) is 0 Å². The Morgan fingerprint density at radius 3 is 2.67 bits per heavy atom. The predicted octanol–water partition coefficient (Wildman–Crippen LogP) is 2.12. The molecule has 0 saturated carbocycles. The van der Waals surface area contributed by atoms with Gasteiger partial charge in [0.15, 0.2) is 0 Å². The van der Waals surface area contributed by atoms with Gasteiger partial charge in [0.25, 0.3) is 0 Å². The van der Waals surface area contributed by atoms with Crippen LogP contribution in [0.1, 0.15) is 26.7 Å². The van der Waals surface area contributed by atoms with Gasteiger partial charge in [-0.2, -0.15) is 0 Å². The van der Waals surface area contributed by atoms with Crippen LogP contribution in [0, 0.1) is 5.41 Å². The molecule has 2 fully saturated rings. The van der Waals surface area contributed by atoms with Crippen molar-refractivity contribution in [3.63, 3.8) is 0 Å². The number of amides is 1. The molecule has 2 aliphatic rings. The zero-order chi connectivity index (χ0) is 17.0. The third-order valence-corrected chi connectivity index (χ3v) is 5.19. The number of benzene rings is 1. The van der Waals surface area contributed by atoms with Gasteiger partial charge in [0.2, 0.25) is 5.91 Å². The molecule has 2 saturated heterocycles. The van der Waals surface area contributed by atoms with Crippen molar-refractivity contribution in [3.05, 3.63) is 24.3 Å². The quantitative estimate of drug-likeness (QED) is 0.918. The van der Waals surface area contributed by atoms with E-state index in [1.54, 1.807) is 0 Å². The Kier molecular flexibility index (Phi) is 5.29. The maximum atomic E-state index is 12.9. The predicted molar refractivity (Wildman–Crippen MR) is 96.6 cm³/mol. The normalized spacial score (nSPS) is 24.8. The second-order valence-corrected chi connectivity index (χ2v) is 7.02. The average molecular weight is 331 g/mol. The molecule has 1 atom stereocenters. The summed E-state index contributed by atoms with van der Waals surface area (Å²) in [5.74, 6) is 1.25. The standard InChI is InChI=1S/C19H29N3O2/c1-3-24-17-8-5-4-7-16(17)21-11-13-22(14-12-21)18(23)19(2)9-6-10-20-15-19/h4-5,7-8,20H,3,6,9-15H2,1-2H3. The van der Waals surface area contributed by atoms with Crippen molar-refractivity contribution in [2.45, 2.75) is 26.7 Å². The molecule has 5 nitrogen and oxygen atoms in total. The zero-order valence-electron chi connectivity index (χ0n) is 14.9. The van der Waals surface area contributed by atoms with Gasteiger partial charge in [-0.25, -0.2) is 0 Å². The fraction of sp³-hybridized carbons (Fsp3) is 0.632. The van der Waals surface area contributed by atoms with Crippen LogP contribution in [0.5, 0.6) is 5.75 Å². The number of hydrogen-bond acceptors (Lipinski definition) is 4. The number of ether oxygens (including phenoxy) is 1. The van der Waals surface area contributed by atoms with E-state index in [0.29, 0.717) is 12.5 Å². The Bertz CT molecular complexity index is 561. The SMILES string of the molecule is CCOc1ccccc1N1CCN(C(=O)C2(C)CCCNC2)CC1. The molecule has 0 radical (unpaired) electrons. The number of nitrogens with zero attached hydrogens (tertiary/aromatic N) is 2. The fourth-order valence-electron chi connectivity index (χ4n) is 3.77. The third-order valence-electron chi connectivity index (χ3n) is 5.19. The first-order valence-electron chi connectivity index (χ1n) is 9.11. The first-order chi connectivity index (χ1) is 11.6. The molecule has 1 aromatic rings. The number of rotatable bonds is 4. The van der Waals surface area contributed by atoms with Crippen LogP contribution in [-0.4, -0.2) is 56.7 Å². The summed E-state index contributed by atoms with van der Waals surface area (Å²) in [5, 5.41) is 3.38. The maximum Gasteiger partial charge on any atom is 0.229 e. The van der Waals surface area contributed by atoms with Gasteiger partial charge < -0.3 is 19.9 Å². The summed E-state index contributed by atoms with van der Waals surface area (Å²) >= 11 is 0. The molecular weight excluding hydrogens is 302 g/mol. The van der Waals surface area contributed by atoms with E-state index in [0.717, 1.165) is 63.5 Å². The molecule has 5 heteroatoms. The smallest absolute Gasteiger partial charge is 0.229 e. The first-order valence-corrected chi connectivity index (χ1v) is 9.11. The van der Waals surface area contributed by atoms with Crippen LogP contribution in [0.4, 0.5) is 5.69 Å². The summed E-state index contributed by atoms with van der Waals surface area (Å²) in [5.41, 5.74) is 0.904. The van der Waals surface area contributed by atoms with Crippen molar-refractivity contribution in [2.24, 2.45) is 5.41 Å². The lowest BCUT2D eigenvalue weighted by atomic mass is 9.81. The van der Waals surface area contributed by atoms with Crippen LogP contribution in [-0.2, 0) is 4.79 Å². The molecule has 2 aliphatic heterocycles. The molecule has 132 valence electrons. The number of piperidine rings is 1. The lowest BCUT2D eigenvalue weighted by molar-refractivity contribution is -0.142. The average Bonchev–Trinajstić information content (AvgIpc) is 2.63. The van der Waals surface area contributed by atoms with Gasteiger partial charge >= 0.3 is 0 Å². The number of piperazine rings is 1. The van der Waals surface area contributed by atoms with Crippen LogP contribution in [0.2, 0.25) is 0 Å². The lowest BCUT2D eigenvalue weighted by Gasteiger charge is -2.42. The van der Waals surface area contributed by atoms with Gasteiger partial charge in [-0.05, 0) is 45.4 Å². The van der Waals surface area contributed by atoms with E-state index >= 15 is 0 Å². The molecule has 0 spiro atoms. The Labute approximate surface area is 145 Å². The largest absolute Gasteiger partial charge is 0.492 e. The van der Waals surface area contributed by atoms with Crippen LogP contribution < -0.4 is 15.0 Å². The summed E-state index contributed by atoms with van der Waals surface area (Å²) in [6, 6.07) is 8.18. The van der Waals surface area contributed by atoms with Crippen molar-refractivity contribution in [3.8, 4) is 5.75 Å². The molecule has 1 unspecified atom stereocenters. The minimum atomic E-state index is -0.232. The molecule has 0 bridgehead atoms.